The zero-order valence-corrected chi connectivity index (χ0v) is 13.1. The van der Waals surface area contributed by atoms with E-state index in [4.69, 9.17) is 0 Å². The van der Waals surface area contributed by atoms with E-state index in [9.17, 15) is 10.1 Å². The van der Waals surface area contributed by atoms with Gasteiger partial charge in [-0.1, -0.05) is 20.8 Å². The van der Waals surface area contributed by atoms with Gasteiger partial charge in [-0.05, 0) is 25.2 Å². The van der Waals surface area contributed by atoms with E-state index in [1.54, 1.807) is 6.92 Å². The second-order valence-corrected chi connectivity index (χ2v) is 5.85. The van der Waals surface area contributed by atoms with Gasteiger partial charge in [0.05, 0.1) is 4.92 Å². The van der Waals surface area contributed by atoms with Crippen molar-refractivity contribution >= 4 is 17.5 Å². The molecule has 2 rings (SSSR count). The monoisotopic (exact) mass is 293 g/mol. The maximum absolute atomic E-state index is 11.4. The molecule has 1 N–H and O–H groups in total. The fourth-order valence-electron chi connectivity index (χ4n) is 2.60. The van der Waals surface area contributed by atoms with Crippen LogP contribution in [-0.2, 0) is 0 Å². The van der Waals surface area contributed by atoms with E-state index in [1.165, 1.54) is 0 Å². The minimum atomic E-state index is -0.373. The lowest BCUT2D eigenvalue weighted by Crippen LogP contribution is -2.23. The maximum Gasteiger partial charge on any atom is 0.332 e. The van der Waals surface area contributed by atoms with Crippen LogP contribution in [0.15, 0.2) is 0 Å². The average Bonchev–Trinajstić information content (AvgIpc) is 2.75. The van der Waals surface area contributed by atoms with Crippen LogP contribution in [0.5, 0.6) is 0 Å². The fourth-order valence-corrected chi connectivity index (χ4v) is 2.60. The molecule has 2 heterocycles. The summed E-state index contributed by atoms with van der Waals surface area (Å²) in [6.45, 7) is 10.4. The van der Waals surface area contributed by atoms with Crippen molar-refractivity contribution in [3.05, 3.63) is 15.8 Å². The quantitative estimate of drug-likeness (QED) is 0.663. The Labute approximate surface area is 124 Å². The van der Waals surface area contributed by atoms with Crippen molar-refractivity contribution in [1.29, 1.82) is 0 Å². The van der Waals surface area contributed by atoms with Crippen LogP contribution in [0.25, 0.3) is 0 Å². The summed E-state index contributed by atoms with van der Waals surface area (Å²) in [7, 11) is 0. The summed E-state index contributed by atoms with van der Waals surface area (Å²) in [5.41, 5.74) is 0.439. The predicted octanol–water partition coefficient (Wildman–Crippen LogP) is 2.61. The second-order valence-electron chi connectivity index (χ2n) is 5.85. The number of aryl methyl sites for hydroxylation is 1. The number of aromatic nitrogens is 2. The van der Waals surface area contributed by atoms with E-state index in [1.807, 2.05) is 4.90 Å². The Morgan fingerprint density at radius 3 is 2.48 bits per heavy atom. The summed E-state index contributed by atoms with van der Waals surface area (Å²) < 4.78 is 0. The van der Waals surface area contributed by atoms with Crippen LogP contribution in [0, 0.1) is 28.9 Å². The van der Waals surface area contributed by atoms with Gasteiger partial charge in [0.1, 0.15) is 5.69 Å². The number of nitro groups is 1. The van der Waals surface area contributed by atoms with E-state index < -0.39 is 0 Å². The van der Waals surface area contributed by atoms with Gasteiger partial charge in [-0.25, -0.2) is 4.98 Å². The number of rotatable bonds is 5. The summed E-state index contributed by atoms with van der Waals surface area (Å²) in [6.07, 6.45) is 0.951. The predicted molar refractivity (Wildman–Crippen MR) is 82.7 cm³/mol. The van der Waals surface area contributed by atoms with Gasteiger partial charge >= 0.3 is 5.69 Å². The van der Waals surface area contributed by atoms with Crippen LogP contribution in [-0.4, -0.2) is 34.5 Å². The molecule has 1 fully saturated rings. The van der Waals surface area contributed by atoms with Gasteiger partial charge in [-0.15, -0.1) is 0 Å². The molecular weight excluding hydrogens is 270 g/mol. The smallest absolute Gasteiger partial charge is 0.332 e. The highest BCUT2D eigenvalue weighted by atomic mass is 16.6. The highest BCUT2D eigenvalue weighted by Gasteiger charge is 2.33. The molecule has 0 spiro atoms. The molecule has 0 aliphatic carbocycles. The van der Waals surface area contributed by atoms with E-state index in [0.717, 1.165) is 26.1 Å². The van der Waals surface area contributed by atoms with Crippen LogP contribution < -0.4 is 10.2 Å². The van der Waals surface area contributed by atoms with E-state index in [0.29, 0.717) is 29.3 Å². The Bertz CT molecular complexity index is 524. The topological polar surface area (TPSA) is 84.2 Å². The Hall–Kier alpha value is -1.92. The first-order valence-electron chi connectivity index (χ1n) is 7.45. The zero-order chi connectivity index (χ0) is 15.6. The van der Waals surface area contributed by atoms with Crippen LogP contribution in [0.3, 0.4) is 0 Å². The molecule has 1 aromatic rings. The summed E-state index contributed by atoms with van der Waals surface area (Å²) in [5, 5.41) is 14.5. The summed E-state index contributed by atoms with van der Waals surface area (Å²) in [4.78, 5) is 21.6. The molecule has 0 radical (unpaired) electrons. The maximum atomic E-state index is 11.4. The first-order valence-corrected chi connectivity index (χ1v) is 7.45. The van der Waals surface area contributed by atoms with Gasteiger partial charge in [-0.3, -0.25) is 10.1 Å². The van der Waals surface area contributed by atoms with Crippen LogP contribution in [0.4, 0.5) is 17.5 Å². The molecule has 0 saturated carbocycles. The molecule has 116 valence electrons. The van der Waals surface area contributed by atoms with Crippen molar-refractivity contribution in [2.75, 3.05) is 29.9 Å². The van der Waals surface area contributed by atoms with Crippen molar-refractivity contribution < 1.29 is 4.92 Å². The summed E-state index contributed by atoms with van der Waals surface area (Å²) in [6, 6.07) is 0. The van der Waals surface area contributed by atoms with Crippen molar-refractivity contribution in [3.8, 4) is 0 Å². The number of nitrogens with zero attached hydrogens (tertiary/aromatic N) is 4. The third-order valence-corrected chi connectivity index (χ3v) is 4.04. The standard InChI is InChI=1S/C14H23N5O2/c1-5-6-15-14-16-11(4)12(19(20)21)13(17-14)18-7-9(2)10(3)8-18/h9-10H,5-8H2,1-4H3,(H,15,16,17). The van der Waals surface area contributed by atoms with Gasteiger partial charge in [0, 0.05) is 19.6 Å². The molecule has 0 amide bonds. The minimum absolute atomic E-state index is 0.0262. The molecule has 0 bridgehead atoms. The molecule has 1 aliphatic heterocycles. The third-order valence-electron chi connectivity index (χ3n) is 4.04. The number of hydrogen-bond donors (Lipinski definition) is 1. The van der Waals surface area contributed by atoms with Crippen LogP contribution in [0.1, 0.15) is 32.9 Å². The van der Waals surface area contributed by atoms with Gasteiger partial charge in [0.2, 0.25) is 11.8 Å². The molecule has 1 aliphatic rings. The van der Waals surface area contributed by atoms with Crippen molar-refractivity contribution in [2.45, 2.75) is 34.1 Å². The van der Waals surface area contributed by atoms with Crippen LogP contribution >= 0.6 is 0 Å². The number of hydrogen-bond acceptors (Lipinski definition) is 6. The molecule has 2 atom stereocenters. The summed E-state index contributed by atoms with van der Waals surface area (Å²) in [5.74, 6) is 1.93. The summed E-state index contributed by atoms with van der Waals surface area (Å²) >= 11 is 0. The van der Waals surface area contributed by atoms with Crippen molar-refractivity contribution in [3.63, 3.8) is 0 Å². The molecular formula is C14H23N5O2. The Morgan fingerprint density at radius 1 is 1.33 bits per heavy atom. The van der Waals surface area contributed by atoms with E-state index >= 15 is 0 Å². The lowest BCUT2D eigenvalue weighted by molar-refractivity contribution is -0.385. The molecule has 1 saturated heterocycles. The van der Waals surface area contributed by atoms with Crippen LogP contribution in [0.2, 0.25) is 0 Å². The highest BCUT2D eigenvalue weighted by molar-refractivity contribution is 5.63. The lowest BCUT2D eigenvalue weighted by Gasteiger charge is -2.18. The molecule has 7 nitrogen and oxygen atoms in total. The largest absolute Gasteiger partial charge is 0.354 e. The average molecular weight is 293 g/mol. The van der Waals surface area contributed by atoms with E-state index in [2.05, 4.69) is 36.1 Å². The molecule has 0 aromatic carbocycles. The second kappa shape index (κ2) is 6.24. The first kappa shape index (κ1) is 15.5. The minimum Gasteiger partial charge on any atom is -0.354 e. The third kappa shape index (κ3) is 3.22. The Kier molecular flexibility index (Phi) is 4.59. The van der Waals surface area contributed by atoms with Gasteiger partial charge in [0.25, 0.3) is 0 Å². The zero-order valence-electron chi connectivity index (χ0n) is 13.1. The van der Waals surface area contributed by atoms with Gasteiger partial charge < -0.3 is 10.2 Å². The lowest BCUT2D eigenvalue weighted by atomic mass is 10.0. The molecule has 21 heavy (non-hydrogen) atoms. The van der Waals surface area contributed by atoms with Crippen molar-refractivity contribution in [2.24, 2.45) is 11.8 Å². The highest BCUT2D eigenvalue weighted by Crippen LogP contribution is 2.34. The van der Waals surface area contributed by atoms with Crippen molar-refractivity contribution in [1.82, 2.24) is 9.97 Å². The molecule has 2 unspecified atom stereocenters. The Morgan fingerprint density at radius 2 is 1.95 bits per heavy atom. The molecule has 7 heteroatoms. The fraction of sp³-hybridized carbons (Fsp3) is 0.714. The Balaban J connectivity index is 2.40. The van der Waals surface area contributed by atoms with Gasteiger partial charge in [0.15, 0.2) is 0 Å². The normalized spacial score (nSPS) is 21.6. The number of anilines is 2. The SMILES string of the molecule is CCCNc1nc(C)c([N+](=O)[O-])c(N2CC(C)C(C)C2)n1. The van der Waals surface area contributed by atoms with Gasteiger partial charge in [-0.2, -0.15) is 4.98 Å². The first-order chi connectivity index (χ1) is 9.93. The molecule has 1 aromatic heterocycles. The van der Waals surface area contributed by atoms with E-state index in [-0.39, 0.29) is 10.6 Å². The number of nitrogens with one attached hydrogen (secondary N) is 1.